The van der Waals surface area contributed by atoms with Crippen LogP contribution in [0.2, 0.25) is 0 Å². The Morgan fingerprint density at radius 3 is 1.55 bits per heavy atom. The van der Waals surface area contributed by atoms with Crippen LogP contribution in [0.5, 0.6) is 0 Å². The van der Waals surface area contributed by atoms with Gasteiger partial charge in [-0.3, -0.25) is 0 Å². The number of hydrogen-bond acceptors (Lipinski definition) is 3. The van der Waals surface area contributed by atoms with Crippen LogP contribution < -0.4 is 10.0 Å². The van der Waals surface area contributed by atoms with E-state index in [9.17, 15) is 0 Å². The third-order valence-corrected chi connectivity index (χ3v) is 6.12. The second kappa shape index (κ2) is 11.4. The monoisotopic (exact) mass is 452 g/mol. The molecule has 0 saturated heterocycles. The average Bonchev–Trinajstić information content (AvgIpc) is 3.21. The van der Waals surface area contributed by atoms with Gasteiger partial charge in [-0.2, -0.15) is 0 Å². The Balaban J connectivity index is 0.000000890. The van der Waals surface area contributed by atoms with E-state index in [1.54, 1.807) is 0 Å². The molecule has 0 spiro atoms. The molecule has 5 nitrogen and oxygen atoms in total. The maximum absolute atomic E-state index is 8.44. The maximum atomic E-state index is 8.44. The standard InChI is InChI=1S/C27H39N2.CH2O3/c1-18(2)22-11-9-12-23(19(3)4)26(22)28-15-16-29(17-28)27-24(20(5)6)13-10-14-25(27)21(7)8;2-1(3)4/h9-14,17-21H,15-16H2,1-8H3;(H2,2,3,4)/q+1;/p-1. The van der Waals surface area contributed by atoms with Crippen molar-refractivity contribution in [3.8, 4) is 0 Å². The van der Waals surface area contributed by atoms with Gasteiger partial charge in [0.05, 0.1) is 0 Å². The highest BCUT2D eigenvalue weighted by Crippen LogP contribution is 2.38. The number of nitrogens with zero attached hydrogens (tertiary/aromatic N) is 2. The molecule has 0 atom stereocenters. The Morgan fingerprint density at radius 2 is 1.18 bits per heavy atom. The topological polar surface area (TPSA) is 66.6 Å². The summed E-state index contributed by atoms with van der Waals surface area (Å²) >= 11 is 0. The molecule has 180 valence electrons. The van der Waals surface area contributed by atoms with E-state index >= 15 is 0 Å². The lowest BCUT2D eigenvalue weighted by Gasteiger charge is -2.20. The number of carbonyl (C=O) groups is 1. The van der Waals surface area contributed by atoms with Gasteiger partial charge in [-0.15, -0.1) is 0 Å². The van der Waals surface area contributed by atoms with Crippen LogP contribution in [-0.4, -0.2) is 35.3 Å². The zero-order valence-electron chi connectivity index (χ0n) is 21.4. The first-order valence-corrected chi connectivity index (χ1v) is 12.0. The SMILES string of the molecule is CC(C)c1cccc(C(C)C)c1N1C=[N+](c2c(C(C)C)cccc2C(C)C)CC1.O=C([O-])O. The molecule has 0 unspecified atom stereocenters. The summed E-state index contributed by atoms with van der Waals surface area (Å²) in [6, 6.07) is 13.7. The third-order valence-electron chi connectivity index (χ3n) is 6.12. The first kappa shape index (κ1) is 26.4. The van der Waals surface area contributed by atoms with Gasteiger partial charge >= 0.3 is 0 Å². The van der Waals surface area contributed by atoms with Crippen LogP contribution in [0.1, 0.15) is 101 Å². The molecule has 2 aromatic carbocycles. The molecule has 0 amide bonds. The fraction of sp³-hybridized carbons (Fsp3) is 0.500. The third kappa shape index (κ3) is 6.37. The molecule has 0 radical (unpaired) electrons. The summed E-state index contributed by atoms with van der Waals surface area (Å²) in [4.78, 5) is 11.0. The van der Waals surface area contributed by atoms with E-state index in [2.05, 4.69) is 108 Å². The van der Waals surface area contributed by atoms with Crippen LogP contribution in [0.15, 0.2) is 36.4 Å². The Labute approximate surface area is 199 Å². The van der Waals surface area contributed by atoms with E-state index in [1.807, 2.05) is 0 Å². The number of benzene rings is 2. The van der Waals surface area contributed by atoms with Crippen LogP contribution in [0, 0.1) is 0 Å². The van der Waals surface area contributed by atoms with E-state index in [4.69, 9.17) is 15.0 Å². The largest absolute Gasteiger partial charge is 0.565 e. The van der Waals surface area contributed by atoms with E-state index in [-0.39, 0.29) is 0 Å². The van der Waals surface area contributed by atoms with Crippen molar-refractivity contribution in [3.05, 3.63) is 58.7 Å². The molecule has 1 N–H and O–H groups in total. The Hall–Kier alpha value is -2.82. The average molecular weight is 453 g/mol. The quantitative estimate of drug-likeness (QED) is 0.525. The van der Waals surface area contributed by atoms with E-state index in [0.29, 0.717) is 23.7 Å². The summed E-state index contributed by atoms with van der Waals surface area (Å²) in [5.74, 6) is 2.06. The van der Waals surface area contributed by atoms with Crippen molar-refractivity contribution in [2.45, 2.75) is 79.1 Å². The second-order valence-electron chi connectivity index (χ2n) is 9.96. The highest BCUT2D eigenvalue weighted by molar-refractivity contribution is 5.82. The molecule has 3 rings (SSSR count). The Bertz CT molecular complexity index is 934. The first-order chi connectivity index (χ1) is 15.5. The fourth-order valence-electron chi connectivity index (χ4n) is 4.53. The van der Waals surface area contributed by atoms with Crippen molar-refractivity contribution in [3.63, 3.8) is 0 Å². The van der Waals surface area contributed by atoms with Gasteiger partial charge in [0.1, 0.15) is 24.5 Å². The van der Waals surface area contributed by atoms with Gasteiger partial charge in [-0.25, -0.2) is 9.48 Å². The number of anilines is 1. The molecule has 0 fully saturated rings. The smallest absolute Gasteiger partial charge is 0.249 e. The first-order valence-electron chi connectivity index (χ1n) is 12.0. The number of carboxylic acid groups (broad SMARTS) is 2. The van der Waals surface area contributed by atoms with Gasteiger partial charge in [0, 0.05) is 22.3 Å². The molecule has 1 aliphatic rings. The van der Waals surface area contributed by atoms with Crippen molar-refractivity contribution < 1.29 is 19.6 Å². The van der Waals surface area contributed by atoms with Gasteiger partial charge in [-0.05, 0) is 23.7 Å². The van der Waals surface area contributed by atoms with Crippen LogP contribution in [0.25, 0.3) is 0 Å². The van der Waals surface area contributed by atoms with Crippen LogP contribution >= 0.6 is 0 Å². The molecule has 1 heterocycles. The van der Waals surface area contributed by atoms with E-state index < -0.39 is 6.16 Å². The molecule has 33 heavy (non-hydrogen) atoms. The fourth-order valence-corrected chi connectivity index (χ4v) is 4.53. The van der Waals surface area contributed by atoms with Gasteiger partial charge in [0.2, 0.25) is 12.5 Å². The van der Waals surface area contributed by atoms with Gasteiger partial charge in [0.25, 0.3) is 0 Å². The molecule has 0 aromatic heterocycles. The van der Waals surface area contributed by atoms with Gasteiger partial charge < -0.3 is 15.0 Å². The minimum Gasteiger partial charge on any atom is -0.565 e. The summed E-state index contributed by atoms with van der Waals surface area (Å²) in [5.41, 5.74) is 8.67. The lowest BCUT2D eigenvalue weighted by molar-refractivity contribution is -0.425. The molecule has 5 heteroatoms. The summed E-state index contributed by atoms with van der Waals surface area (Å²) in [5, 5.41) is 15.3. The predicted octanol–water partition coefficient (Wildman–Crippen LogP) is 6.26. The lowest BCUT2D eigenvalue weighted by atomic mass is 9.92. The zero-order chi connectivity index (χ0) is 24.9. The second-order valence-corrected chi connectivity index (χ2v) is 9.96. The van der Waals surface area contributed by atoms with Crippen LogP contribution in [-0.2, 0) is 0 Å². The molecule has 2 aromatic rings. The normalized spacial score (nSPS) is 13.6. The minimum atomic E-state index is -2.08. The number of hydrogen-bond donors (Lipinski definition) is 1. The molecule has 0 saturated carbocycles. The molecule has 0 aliphatic carbocycles. The summed E-state index contributed by atoms with van der Waals surface area (Å²) in [6.07, 6.45) is 0.292. The zero-order valence-corrected chi connectivity index (χ0v) is 21.4. The Kier molecular flexibility index (Phi) is 9.09. The highest BCUT2D eigenvalue weighted by Gasteiger charge is 2.31. The van der Waals surface area contributed by atoms with Crippen LogP contribution in [0.3, 0.4) is 0 Å². The summed E-state index contributed by atoms with van der Waals surface area (Å²) < 4.78 is 2.51. The highest BCUT2D eigenvalue weighted by atomic mass is 16.6. The summed E-state index contributed by atoms with van der Waals surface area (Å²) in [7, 11) is 0. The van der Waals surface area contributed by atoms with Crippen molar-refractivity contribution in [2.75, 3.05) is 18.0 Å². The maximum Gasteiger partial charge on any atom is 0.249 e. The summed E-state index contributed by atoms with van der Waals surface area (Å²) in [6.45, 7) is 20.5. The van der Waals surface area contributed by atoms with E-state index in [1.165, 1.54) is 33.6 Å². The van der Waals surface area contributed by atoms with Crippen molar-refractivity contribution >= 4 is 23.9 Å². The lowest BCUT2D eigenvalue weighted by Crippen LogP contribution is -2.22. The van der Waals surface area contributed by atoms with E-state index in [0.717, 1.165) is 13.1 Å². The molecular formula is C28H40N2O3. The number of rotatable bonds is 6. The van der Waals surface area contributed by atoms with Gasteiger partial charge in [0.15, 0.2) is 0 Å². The van der Waals surface area contributed by atoms with Crippen molar-refractivity contribution in [2.24, 2.45) is 0 Å². The Morgan fingerprint density at radius 1 is 0.818 bits per heavy atom. The minimum absolute atomic E-state index is 0.514. The van der Waals surface area contributed by atoms with Gasteiger partial charge in [-0.1, -0.05) is 91.8 Å². The van der Waals surface area contributed by atoms with Crippen molar-refractivity contribution in [1.82, 2.24) is 0 Å². The predicted molar refractivity (Wildman–Crippen MR) is 135 cm³/mol. The molecule has 0 bridgehead atoms. The molecular weight excluding hydrogens is 412 g/mol. The van der Waals surface area contributed by atoms with Crippen molar-refractivity contribution in [1.29, 1.82) is 0 Å². The molecule has 1 aliphatic heterocycles. The number of para-hydroxylation sites is 2. The van der Waals surface area contributed by atoms with Crippen LogP contribution in [0.4, 0.5) is 16.2 Å².